The van der Waals surface area contributed by atoms with E-state index < -0.39 is 17.6 Å². The molecule has 6 heteroatoms. The second-order valence-corrected chi connectivity index (χ2v) is 4.53. The van der Waals surface area contributed by atoms with Gasteiger partial charge in [0.25, 0.3) is 0 Å². The van der Waals surface area contributed by atoms with Gasteiger partial charge in [-0.2, -0.15) is 13.2 Å². The lowest BCUT2D eigenvalue weighted by atomic mass is 10.1. The van der Waals surface area contributed by atoms with Crippen LogP contribution >= 0.6 is 0 Å². The van der Waals surface area contributed by atoms with Gasteiger partial charge < -0.3 is 10.5 Å². The van der Waals surface area contributed by atoms with Gasteiger partial charge in [0.2, 0.25) is 0 Å². The molecule has 0 aromatic heterocycles. The quantitative estimate of drug-likeness (QED) is 0.453. The molecule has 0 aliphatic rings. The van der Waals surface area contributed by atoms with Gasteiger partial charge in [-0.05, 0) is 24.6 Å². The van der Waals surface area contributed by atoms with Crippen LogP contribution in [0.2, 0.25) is 0 Å². The number of amidine groups is 1. The van der Waals surface area contributed by atoms with Crippen LogP contribution in [0.25, 0.3) is 0 Å². The predicted molar refractivity (Wildman–Crippen MR) is 72.1 cm³/mol. The van der Waals surface area contributed by atoms with Crippen molar-refractivity contribution in [3.8, 4) is 5.75 Å². The zero-order chi connectivity index (χ0) is 15.2. The highest BCUT2D eigenvalue weighted by Crippen LogP contribution is 2.32. The highest BCUT2D eigenvalue weighted by atomic mass is 19.4. The lowest BCUT2D eigenvalue weighted by Crippen LogP contribution is -2.16. The van der Waals surface area contributed by atoms with Gasteiger partial charge in [0, 0.05) is 0 Å². The Balaban J connectivity index is 2.78. The molecule has 3 nitrogen and oxygen atoms in total. The average Bonchev–Trinajstić information content (AvgIpc) is 2.37. The van der Waals surface area contributed by atoms with Crippen LogP contribution < -0.4 is 10.5 Å². The third kappa shape index (κ3) is 4.75. The SMILES string of the molecule is CCCCCCOc1ccc(C(F)(F)F)cc1C(=N)N. The molecule has 0 heterocycles. The summed E-state index contributed by atoms with van der Waals surface area (Å²) >= 11 is 0. The molecule has 0 aliphatic carbocycles. The van der Waals surface area contributed by atoms with E-state index in [0.717, 1.165) is 37.8 Å². The Bertz CT molecular complexity index is 458. The third-order valence-electron chi connectivity index (χ3n) is 2.85. The molecule has 0 fully saturated rings. The first kappa shape index (κ1) is 16.3. The molecule has 0 atom stereocenters. The summed E-state index contributed by atoms with van der Waals surface area (Å²) in [7, 11) is 0. The number of nitrogen functional groups attached to an aromatic ring is 1. The number of ether oxygens (including phenoxy) is 1. The summed E-state index contributed by atoms with van der Waals surface area (Å²) in [6, 6.07) is 3.01. The Hall–Kier alpha value is -1.72. The fourth-order valence-corrected chi connectivity index (χ4v) is 1.75. The molecule has 1 rings (SSSR count). The van der Waals surface area contributed by atoms with Crippen molar-refractivity contribution in [2.45, 2.75) is 38.8 Å². The molecular weight excluding hydrogens is 269 g/mol. The molecule has 0 saturated heterocycles. The third-order valence-corrected chi connectivity index (χ3v) is 2.85. The van der Waals surface area contributed by atoms with Gasteiger partial charge in [-0.3, -0.25) is 5.41 Å². The Morgan fingerprint density at radius 1 is 1.25 bits per heavy atom. The monoisotopic (exact) mass is 288 g/mol. The first-order valence-corrected chi connectivity index (χ1v) is 6.54. The highest BCUT2D eigenvalue weighted by molar-refractivity contribution is 5.97. The van der Waals surface area contributed by atoms with E-state index in [9.17, 15) is 13.2 Å². The smallest absolute Gasteiger partial charge is 0.416 e. The largest absolute Gasteiger partial charge is 0.493 e. The van der Waals surface area contributed by atoms with Gasteiger partial charge in [0.05, 0.1) is 17.7 Å². The van der Waals surface area contributed by atoms with E-state index in [0.29, 0.717) is 6.61 Å². The molecule has 20 heavy (non-hydrogen) atoms. The minimum atomic E-state index is -4.45. The van der Waals surface area contributed by atoms with E-state index in [-0.39, 0.29) is 11.3 Å². The van der Waals surface area contributed by atoms with E-state index in [1.54, 1.807) is 0 Å². The lowest BCUT2D eigenvalue weighted by Gasteiger charge is -2.13. The van der Waals surface area contributed by atoms with E-state index >= 15 is 0 Å². The molecule has 0 bridgehead atoms. The topological polar surface area (TPSA) is 59.1 Å². The average molecular weight is 288 g/mol. The van der Waals surface area contributed by atoms with Crippen molar-refractivity contribution in [3.05, 3.63) is 29.3 Å². The molecule has 1 aromatic rings. The molecule has 0 spiro atoms. The second kappa shape index (κ2) is 7.17. The maximum Gasteiger partial charge on any atom is 0.416 e. The minimum Gasteiger partial charge on any atom is -0.493 e. The molecule has 0 aliphatic heterocycles. The van der Waals surface area contributed by atoms with Crippen LogP contribution in [0.4, 0.5) is 13.2 Å². The number of alkyl halides is 3. The number of benzene rings is 1. The van der Waals surface area contributed by atoms with Crippen LogP contribution in [-0.2, 0) is 6.18 Å². The van der Waals surface area contributed by atoms with Gasteiger partial charge >= 0.3 is 6.18 Å². The number of hydrogen-bond acceptors (Lipinski definition) is 2. The summed E-state index contributed by atoms with van der Waals surface area (Å²) in [4.78, 5) is 0. The zero-order valence-electron chi connectivity index (χ0n) is 11.4. The highest BCUT2D eigenvalue weighted by Gasteiger charge is 2.31. The van der Waals surface area contributed by atoms with Crippen molar-refractivity contribution in [1.29, 1.82) is 5.41 Å². The summed E-state index contributed by atoms with van der Waals surface area (Å²) < 4.78 is 43.2. The zero-order valence-corrected chi connectivity index (χ0v) is 11.4. The summed E-state index contributed by atoms with van der Waals surface area (Å²) in [5, 5.41) is 7.35. The molecule has 3 N–H and O–H groups in total. The minimum absolute atomic E-state index is 0.0182. The summed E-state index contributed by atoms with van der Waals surface area (Å²) in [6.45, 7) is 2.50. The Morgan fingerprint density at radius 2 is 1.95 bits per heavy atom. The summed E-state index contributed by atoms with van der Waals surface area (Å²) in [5.41, 5.74) is 4.46. The molecule has 0 amide bonds. The molecular formula is C14H19F3N2O. The summed E-state index contributed by atoms with van der Waals surface area (Å²) in [6.07, 6.45) is -0.433. The Kier molecular flexibility index (Phi) is 5.85. The van der Waals surface area contributed by atoms with E-state index in [2.05, 4.69) is 6.92 Å². The van der Waals surface area contributed by atoms with E-state index in [1.165, 1.54) is 6.07 Å². The van der Waals surface area contributed by atoms with Crippen LogP contribution in [0, 0.1) is 5.41 Å². The molecule has 0 unspecified atom stereocenters. The van der Waals surface area contributed by atoms with Crippen LogP contribution in [0.15, 0.2) is 18.2 Å². The Labute approximate surface area is 116 Å². The first-order chi connectivity index (χ1) is 9.36. The van der Waals surface area contributed by atoms with Crippen molar-refractivity contribution in [2.75, 3.05) is 6.61 Å². The van der Waals surface area contributed by atoms with Crippen molar-refractivity contribution >= 4 is 5.84 Å². The first-order valence-electron chi connectivity index (χ1n) is 6.54. The fraction of sp³-hybridized carbons (Fsp3) is 0.500. The van der Waals surface area contributed by atoms with Gasteiger partial charge in [0.1, 0.15) is 11.6 Å². The van der Waals surface area contributed by atoms with Crippen molar-refractivity contribution in [1.82, 2.24) is 0 Å². The van der Waals surface area contributed by atoms with Crippen molar-refractivity contribution < 1.29 is 17.9 Å². The normalized spacial score (nSPS) is 11.4. The molecule has 112 valence electrons. The van der Waals surface area contributed by atoms with Crippen LogP contribution in [0.5, 0.6) is 5.75 Å². The number of hydrogen-bond donors (Lipinski definition) is 2. The maximum atomic E-state index is 12.6. The Morgan fingerprint density at radius 3 is 2.50 bits per heavy atom. The second-order valence-electron chi connectivity index (χ2n) is 4.53. The van der Waals surface area contributed by atoms with Crippen LogP contribution in [0.1, 0.15) is 43.7 Å². The number of unbranched alkanes of at least 4 members (excludes halogenated alkanes) is 3. The fourth-order valence-electron chi connectivity index (χ4n) is 1.75. The number of rotatable bonds is 7. The van der Waals surface area contributed by atoms with Gasteiger partial charge in [-0.25, -0.2) is 0 Å². The number of nitrogens with one attached hydrogen (secondary N) is 1. The van der Waals surface area contributed by atoms with Crippen molar-refractivity contribution in [3.63, 3.8) is 0 Å². The van der Waals surface area contributed by atoms with Crippen molar-refractivity contribution in [2.24, 2.45) is 5.73 Å². The summed E-state index contributed by atoms with van der Waals surface area (Å²) in [5.74, 6) is -0.207. The maximum absolute atomic E-state index is 12.6. The van der Waals surface area contributed by atoms with Crippen LogP contribution in [-0.4, -0.2) is 12.4 Å². The van der Waals surface area contributed by atoms with Gasteiger partial charge in [-0.1, -0.05) is 26.2 Å². The van der Waals surface area contributed by atoms with E-state index in [1.807, 2.05) is 0 Å². The van der Waals surface area contributed by atoms with Gasteiger partial charge in [-0.15, -0.1) is 0 Å². The standard InChI is InChI=1S/C14H19F3N2O/c1-2-3-4-5-8-20-12-7-6-10(14(15,16)17)9-11(12)13(18)19/h6-7,9H,2-5,8H2,1H3,(H3,18,19). The predicted octanol–water partition coefficient (Wildman–Crippen LogP) is 3.95. The molecule has 0 saturated carbocycles. The molecule has 0 radical (unpaired) electrons. The molecule has 1 aromatic carbocycles. The van der Waals surface area contributed by atoms with Crippen LogP contribution in [0.3, 0.4) is 0 Å². The van der Waals surface area contributed by atoms with Gasteiger partial charge in [0.15, 0.2) is 0 Å². The lowest BCUT2D eigenvalue weighted by molar-refractivity contribution is -0.137. The number of nitrogens with two attached hydrogens (primary N) is 1. The van der Waals surface area contributed by atoms with E-state index in [4.69, 9.17) is 15.9 Å². The number of halogens is 3.